The number of phenolic OH excluding ortho intramolecular Hbond substituents is 7. The SMILES string of the molecule is Cc1cc2c3cc(O)c(O)cc3c3c(O)c(O)cc4c5cc(O)c(O)cc5c(c1O)c2c43. The third-order valence-electron chi connectivity index (χ3n) is 6.37. The highest BCUT2D eigenvalue weighted by Gasteiger charge is 2.25. The molecule has 0 saturated carbocycles. The van der Waals surface area contributed by atoms with Crippen molar-refractivity contribution in [2.45, 2.75) is 6.92 Å². The maximum Gasteiger partial charge on any atom is 0.166 e. The lowest BCUT2D eigenvalue weighted by Gasteiger charge is -2.21. The van der Waals surface area contributed by atoms with Gasteiger partial charge in [-0.1, -0.05) is 0 Å². The Balaban J connectivity index is 2.14. The number of aryl methyl sites for hydroxylation is 1. The zero-order valence-corrected chi connectivity index (χ0v) is 16.6. The van der Waals surface area contributed by atoms with Crippen molar-refractivity contribution in [3.05, 3.63) is 42.0 Å². The van der Waals surface area contributed by atoms with Crippen molar-refractivity contribution in [3.63, 3.8) is 0 Å². The lowest BCUT2D eigenvalue weighted by molar-refractivity contribution is 0.404. The van der Waals surface area contributed by atoms with E-state index in [-0.39, 0.29) is 28.4 Å². The fourth-order valence-electron chi connectivity index (χ4n) is 4.95. The molecule has 32 heavy (non-hydrogen) atoms. The van der Waals surface area contributed by atoms with Crippen LogP contribution in [0.2, 0.25) is 0 Å². The molecule has 0 amide bonds. The monoisotopic (exact) mass is 428 g/mol. The molecule has 7 nitrogen and oxygen atoms in total. The lowest BCUT2D eigenvalue weighted by atomic mass is 9.84. The van der Waals surface area contributed by atoms with Gasteiger partial charge in [0, 0.05) is 21.5 Å². The molecule has 0 spiro atoms. The number of aromatic hydroxyl groups is 7. The van der Waals surface area contributed by atoms with E-state index in [2.05, 4.69) is 0 Å². The minimum Gasteiger partial charge on any atom is -0.507 e. The van der Waals surface area contributed by atoms with Gasteiger partial charge in [-0.05, 0) is 81.2 Å². The van der Waals surface area contributed by atoms with Gasteiger partial charge in [0.05, 0.1) is 0 Å². The van der Waals surface area contributed by atoms with Crippen LogP contribution >= 0.6 is 0 Å². The van der Waals surface area contributed by atoms with Crippen molar-refractivity contribution in [2.75, 3.05) is 0 Å². The van der Waals surface area contributed by atoms with Gasteiger partial charge in [0.25, 0.3) is 0 Å². The summed E-state index contributed by atoms with van der Waals surface area (Å²) < 4.78 is 0. The Labute approximate surface area is 179 Å². The van der Waals surface area contributed by atoms with Gasteiger partial charge in [-0.2, -0.15) is 0 Å². The Morgan fingerprint density at radius 1 is 0.375 bits per heavy atom. The minimum absolute atomic E-state index is 0.0364. The number of hydrogen-bond acceptors (Lipinski definition) is 7. The zero-order valence-electron chi connectivity index (χ0n) is 16.6. The molecule has 7 heteroatoms. The van der Waals surface area contributed by atoms with E-state index < -0.39 is 17.2 Å². The van der Waals surface area contributed by atoms with Crippen LogP contribution in [-0.2, 0) is 0 Å². The number of benzene rings is 6. The molecule has 0 aliphatic heterocycles. The normalized spacial score (nSPS) is 12.2. The van der Waals surface area contributed by atoms with Crippen LogP contribution in [0.25, 0.3) is 53.9 Å². The van der Waals surface area contributed by atoms with Crippen molar-refractivity contribution in [2.24, 2.45) is 0 Å². The van der Waals surface area contributed by atoms with Gasteiger partial charge in [0.15, 0.2) is 34.5 Å². The van der Waals surface area contributed by atoms with E-state index in [0.717, 1.165) is 0 Å². The van der Waals surface area contributed by atoms with Gasteiger partial charge in [0.2, 0.25) is 0 Å². The molecule has 0 aliphatic rings. The van der Waals surface area contributed by atoms with Crippen LogP contribution in [0, 0.1) is 6.92 Å². The van der Waals surface area contributed by atoms with E-state index in [1.165, 1.54) is 30.3 Å². The van der Waals surface area contributed by atoms with Crippen LogP contribution in [0.4, 0.5) is 0 Å². The minimum atomic E-state index is -0.418. The number of phenols is 7. The molecular weight excluding hydrogens is 412 g/mol. The molecule has 6 aromatic carbocycles. The molecule has 0 unspecified atom stereocenters. The molecule has 6 aromatic rings. The summed E-state index contributed by atoms with van der Waals surface area (Å²) in [5.41, 5.74) is 0.533. The van der Waals surface area contributed by atoms with E-state index in [4.69, 9.17) is 0 Å². The molecular formula is C25H16O7. The Bertz CT molecular complexity index is 1670. The summed E-state index contributed by atoms with van der Waals surface area (Å²) in [5.74, 6) is -2.37. The maximum atomic E-state index is 11.0. The summed E-state index contributed by atoms with van der Waals surface area (Å²) in [6, 6.07) is 8.46. The number of hydrogen-bond donors (Lipinski definition) is 7. The second kappa shape index (κ2) is 5.59. The number of rotatable bonds is 0. The average Bonchev–Trinajstić information content (AvgIpc) is 2.74. The first-order chi connectivity index (χ1) is 15.2. The highest BCUT2D eigenvalue weighted by Crippen LogP contribution is 2.54. The van der Waals surface area contributed by atoms with E-state index >= 15 is 0 Å². The van der Waals surface area contributed by atoms with Crippen molar-refractivity contribution in [1.29, 1.82) is 0 Å². The predicted molar refractivity (Wildman–Crippen MR) is 122 cm³/mol. The van der Waals surface area contributed by atoms with Gasteiger partial charge in [-0.15, -0.1) is 0 Å². The Morgan fingerprint density at radius 3 is 1.22 bits per heavy atom. The molecule has 0 bridgehead atoms. The quantitative estimate of drug-likeness (QED) is 0.101. The molecule has 6 rings (SSSR count). The fourth-order valence-corrected chi connectivity index (χ4v) is 4.95. The first-order valence-corrected chi connectivity index (χ1v) is 9.78. The van der Waals surface area contributed by atoms with E-state index in [1.807, 2.05) is 0 Å². The molecule has 0 fully saturated rings. The summed E-state index contributed by atoms with van der Waals surface area (Å²) in [6.45, 7) is 1.71. The lowest BCUT2D eigenvalue weighted by Crippen LogP contribution is -1.93. The van der Waals surface area contributed by atoms with Gasteiger partial charge in [-0.25, -0.2) is 0 Å². The second-order valence-corrected chi connectivity index (χ2v) is 8.15. The largest absolute Gasteiger partial charge is 0.507 e. The van der Waals surface area contributed by atoms with Crippen LogP contribution in [-0.4, -0.2) is 35.7 Å². The molecule has 158 valence electrons. The zero-order chi connectivity index (χ0) is 22.6. The van der Waals surface area contributed by atoms with Crippen LogP contribution in [0.5, 0.6) is 40.2 Å². The van der Waals surface area contributed by atoms with Gasteiger partial charge in [0.1, 0.15) is 5.75 Å². The third kappa shape index (κ3) is 2.00. The Hall–Kier alpha value is -4.52. The van der Waals surface area contributed by atoms with Crippen molar-refractivity contribution >= 4 is 53.9 Å². The predicted octanol–water partition coefficient (Wildman–Crippen LogP) is 5.14. The van der Waals surface area contributed by atoms with Crippen molar-refractivity contribution < 1.29 is 35.7 Å². The van der Waals surface area contributed by atoms with E-state index in [1.54, 1.807) is 13.0 Å². The highest BCUT2D eigenvalue weighted by atomic mass is 16.3. The molecule has 0 saturated heterocycles. The van der Waals surface area contributed by atoms with E-state index in [9.17, 15) is 35.7 Å². The van der Waals surface area contributed by atoms with Crippen LogP contribution in [0.3, 0.4) is 0 Å². The summed E-state index contributed by atoms with van der Waals surface area (Å²) in [4.78, 5) is 0. The smallest absolute Gasteiger partial charge is 0.166 e. The van der Waals surface area contributed by atoms with E-state index in [0.29, 0.717) is 54.0 Å². The Morgan fingerprint density at radius 2 is 0.719 bits per heavy atom. The maximum absolute atomic E-state index is 11.0. The van der Waals surface area contributed by atoms with Crippen LogP contribution in [0.15, 0.2) is 36.4 Å². The molecule has 0 radical (unpaired) electrons. The standard InChI is InChI=1S/C25H16O7/c1-8-2-11-9-3-15(26)18(29)6-14(9)23-21-12(7-19(30)25(23)32)10-4-16(27)17(28)5-13(10)22(20(11)21)24(8)31/h2-7,26-32H,1H3. The summed E-state index contributed by atoms with van der Waals surface area (Å²) >= 11 is 0. The van der Waals surface area contributed by atoms with Crippen molar-refractivity contribution in [3.8, 4) is 40.2 Å². The van der Waals surface area contributed by atoms with Gasteiger partial charge >= 0.3 is 0 Å². The summed E-state index contributed by atoms with van der Waals surface area (Å²) in [7, 11) is 0. The van der Waals surface area contributed by atoms with Crippen LogP contribution in [0.1, 0.15) is 5.56 Å². The molecule has 0 heterocycles. The topological polar surface area (TPSA) is 142 Å². The number of fused-ring (bicyclic) bond motifs is 6. The molecule has 7 N–H and O–H groups in total. The molecule has 0 atom stereocenters. The average molecular weight is 428 g/mol. The van der Waals surface area contributed by atoms with Crippen molar-refractivity contribution in [1.82, 2.24) is 0 Å². The van der Waals surface area contributed by atoms with Gasteiger partial charge in [-0.3, -0.25) is 0 Å². The highest BCUT2D eigenvalue weighted by molar-refractivity contribution is 6.42. The van der Waals surface area contributed by atoms with Crippen LogP contribution < -0.4 is 0 Å². The summed E-state index contributed by atoms with van der Waals surface area (Å²) in [6.07, 6.45) is 0. The first-order valence-electron chi connectivity index (χ1n) is 9.78. The summed E-state index contributed by atoms with van der Waals surface area (Å²) in [5, 5.41) is 77.7. The Kier molecular flexibility index (Phi) is 3.19. The third-order valence-corrected chi connectivity index (χ3v) is 6.37. The van der Waals surface area contributed by atoms with Gasteiger partial charge < -0.3 is 35.7 Å². The second-order valence-electron chi connectivity index (χ2n) is 8.15. The molecule has 0 aliphatic carbocycles. The fraction of sp³-hybridized carbons (Fsp3) is 0.0400. The first kappa shape index (κ1) is 18.3. The molecule has 0 aromatic heterocycles.